The molecule has 1 amide bonds. The summed E-state index contributed by atoms with van der Waals surface area (Å²) in [5.41, 5.74) is 0. The van der Waals surface area contributed by atoms with Gasteiger partial charge in [-0.3, -0.25) is 9.59 Å². The Labute approximate surface area is 124 Å². The van der Waals surface area contributed by atoms with Crippen LogP contribution >= 0.6 is 0 Å². The SMILES string of the molecule is COCCOCC(=O)N[C@@H](C(=O)OC)[C@H]1CCCC(=O)C1. The van der Waals surface area contributed by atoms with E-state index in [2.05, 4.69) is 5.32 Å². The van der Waals surface area contributed by atoms with Crippen molar-refractivity contribution in [2.75, 3.05) is 34.0 Å². The number of carbonyl (C=O) groups is 3. The van der Waals surface area contributed by atoms with E-state index >= 15 is 0 Å². The highest BCUT2D eigenvalue weighted by molar-refractivity contribution is 5.86. The molecule has 0 unspecified atom stereocenters. The predicted molar refractivity (Wildman–Crippen MR) is 73.6 cm³/mol. The molecule has 0 spiro atoms. The number of ether oxygens (including phenoxy) is 3. The van der Waals surface area contributed by atoms with Gasteiger partial charge in [0.25, 0.3) is 0 Å². The molecule has 2 atom stereocenters. The number of nitrogens with one attached hydrogen (secondary N) is 1. The second-order valence-electron chi connectivity index (χ2n) is 5.01. The summed E-state index contributed by atoms with van der Waals surface area (Å²) in [4.78, 5) is 35.1. The van der Waals surface area contributed by atoms with Gasteiger partial charge in [-0.25, -0.2) is 4.79 Å². The van der Waals surface area contributed by atoms with Crippen molar-refractivity contribution in [1.29, 1.82) is 0 Å². The first-order valence-electron chi connectivity index (χ1n) is 7.04. The highest BCUT2D eigenvalue weighted by Gasteiger charge is 2.34. The van der Waals surface area contributed by atoms with Crippen LogP contribution in [0.25, 0.3) is 0 Å². The molecule has 1 fully saturated rings. The fraction of sp³-hybridized carbons (Fsp3) is 0.786. The summed E-state index contributed by atoms with van der Waals surface area (Å²) in [5.74, 6) is -1.02. The van der Waals surface area contributed by atoms with Crippen molar-refractivity contribution in [3.63, 3.8) is 0 Å². The van der Waals surface area contributed by atoms with Gasteiger partial charge in [-0.1, -0.05) is 0 Å². The van der Waals surface area contributed by atoms with Gasteiger partial charge in [-0.05, 0) is 18.8 Å². The molecule has 1 N–H and O–H groups in total. The maximum Gasteiger partial charge on any atom is 0.328 e. The minimum atomic E-state index is -0.794. The molecule has 0 aromatic carbocycles. The minimum Gasteiger partial charge on any atom is -0.467 e. The quantitative estimate of drug-likeness (QED) is 0.504. The number of carbonyl (C=O) groups excluding carboxylic acids is 3. The Balaban J connectivity index is 2.51. The van der Waals surface area contributed by atoms with Crippen LogP contribution in [-0.2, 0) is 28.6 Å². The normalized spacial score (nSPS) is 19.9. The molecule has 1 aliphatic carbocycles. The molecular formula is C14H23NO6. The molecule has 0 heterocycles. The van der Waals surface area contributed by atoms with Gasteiger partial charge in [-0.15, -0.1) is 0 Å². The van der Waals surface area contributed by atoms with E-state index in [-0.39, 0.29) is 18.3 Å². The van der Waals surface area contributed by atoms with Crippen molar-refractivity contribution in [3.05, 3.63) is 0 Å². The number of rotatable bonds is 8. The van der Waals surface area contributed by atoms with Crippen LogP contribution in [0.5, 0.6) is 0 Å². The number of amides is 1. The standard InChI is InChI=1S/C14H23NO6/c1-19-6-7-21-9-12(17)15-13(14(18)20-2)10-4-3-5-11(16)8-10/h10,13H,3-9H2,1-2H3,(H,15,17)/t10-,13+/m0/s1. The summed E-state index contributed by atoms with van der Waals surface area (Å²) in [6, 6.07) is -0.794. The molecule has 21 heavy (non-hydrogen) atoms. The van der Waals surface area contributed by atoms with Gasteiger partial charge >= 0.3 is 5.97 Å². The second-order valence-corrected chi connectivity index (χ2v) is 5.01. The lowest BCUT2D eigenvalue weighted by Gasteiger charge is -2.28. The monoisotopic (exact) mass is 301 g/mol. The molecule has 0 aromatic rings. The van der Waals surface area contributed by atoms with E-state index in [1.807, 2.05) is 0 Å². The summed E-state index contributed by atoms with van der Waals surface area (Å²) >= 11 is 0. The van der Waals surface area contributed by atoms with Crippen molar-refractivity contribution >= 4 is 17.7 Å². The first kappa shape index (κ1) is 17.6. The van der Waals surface area contributed by atoms with Crippen molar-refractivity contribution in [3.8, 4) is 0 Å². The van der Waals surface area contributed by atoms with E-state index < -0.39 is 17.9 Å². The van der Waals surface area contributed by atoms with Crippen LogP contribution in [0.3, 0.4) is 0 Å². The number of esters is 1. The van der Waals surface area contributed by atoms with E-state index in [1.165, 1.54) is 14.2 Å². The fourth-order valence-corrected chi connectivity index (χ4v) is 2.36. The summed E-state index contributed by atoms with van der Waals surface area (Å²) < 4.78 is 14.6. The Bertz CT molecular complexity index is 370. The summed E-state index contributed by atoms with van der Waals surface area (Å²) in [7, 11) is 2.80. The third kappa shape index (κ3) is 6.22. The number of methoxy groups -OCH3 is 2. The zero-order valence-electron chi connectivity index (χ0n) is 12.6. The molecule has 1 rings (SSSR count). The van der Waals surface area contributed by atoms with E-state index in [9.17, 15) is 14.4 Å². The Hall–Kier alpha value is -1.47. The van der Waals surface area contributed by atoms with Crippen molar-refractivity contribution in [1.82, 2.24) is 5.32 Å². The van der Waals surface area contributed by atoms with Gasteiger partial charge in [0.1, 0.15) is 18.4 Å². The topological polar surface area (TPSA) is 90.9 Å². The van der Waals surface area contributed by atoms with E-state index in [0.29, 0.717) is 26.1 Å². The van der Waals surface area contributed by atoms with E-state index in [4.69, 9.17) is 14.2 Å². The Morgan fingerprint density at radius 2 is 2.10 bits per heavy atom. The first-order chi connectivity index (χ1) is 10.1. The summed E-state index contributed by atoms with van der Waals surface area (Å²) in [5, 5.41) is 2.60. The van der Waals surface area contributed by atoms with E-state index in [0.717, 1.165) is 12.8 Å². The second kappa shape index (κ2) is 9.46. The minimum absolute atomic E-state index is 0.116. The molecule has 0 radical (unpaired) electrons. The molecule has 0 bridgehead atoms. The first-order valence-corrected chi connectivity index (χ1v) is 7.04. The molecule has 1 saturated carbocycles. The molecule has 120 valence electrons. The zero-order valence-corrected chi connectivity index (χ0v) is 12.6. The lowest BCUT2D eigenvalue weighted by molar-refractivity contribution is -0.148. The number of hydrogen-bond acceptors (Lipinski definition) is 6. The van der Waals surface area contributed by atoms with Crippen LogP contribution in [0.1, 0.15) is 25.7 Å². The molecule has 0 saturated heterocycles. The maximum absolute atomic E-state index is 11.8. The smallest absolute Gasteiger partial charge is 0.328 e. The van der Waals surface area contributed by atoms with Gasteiger partial charge in [-0.2, -0.15) is 0 Å². The Kier molecular flexibility index (Phi) is 7.92. The molecular weight excluding hydrogens is 278 g/mol. The van der Waals surface area contributed by atoms with Crippen LogP contribution in [0.2, 0.25) is 0 Å². The largest absolute Gasteiger partial charge is 0.467 e. The van der Waals surface area contributed by atoms with Crippen molar-refractivity contribution < 1.29 is 28.6 Å². The van der Waals surface area contributed by atoms with Crippen LogP contribution < -0.4 is 5.32 Å². The Morgan fingerprint density at radius 1 is 1.33 bits per heavy atom. The van der Waals surface area contributed by atoms with Crippen LogP contribution in [-0.4, -0.2) is 57.7 Å². The van der Waals surface area contributed by atoms with Crippen molar-refractivity contribution in [2.45, 2.75) is 31.7 Å². The van der Waals surface area contributed by atoms with Crippen LogP contribution in [0, 0.1) is 5.92 Å². The summed E-state index contributed by atoms with van der Waals surface area (Å²) in [6.07, 6.45) is 2.29. The third-order valence-corrected chi connectivity index (χ3v) is 3.43. The van der Waals surface area contributed by atoms with Gasteiger partial charge in [0, 0.05) is 20.0 Å². The number of Topliss-reactive ketones (excluding diaryl/α,β-unsaturated/α-hetero) is 1. The maximum atomic E-state index is 11.8. The molecule has 1 aliphatic rings. The van der Waals surface area contributed by atoms with Crippen molar-refractivity contribution in [2.24, 2.45) is 5.92 Å². The lowest BCUT2D eigenvalue weighted by Crippen LogP contribution is -2.49. The third-order valence-electron chi connectivity index (χ3n) is 3.43. The Morgan fingerprint density at radius 3 is 2.71 bits per heavy atom. The van der Waals surface area contributed by atoms with Gasteiger partial charge < -0.3 is 19.5 Å². The van der Waals surface area contributed by atoms with Crippen LogP contribution in [0.4, 0.5) is 0 Å². The van der Waals surface area contributed by atoms with Gasteiger partial charge in [0.2, 0.25) is 5.91 Å². The molecule has 7 heteroatoms. The number of ketones is 1. The van der Waals surface area contributed by atoms with Gasteiger partial charge in [0.05, 0.1) is 20.3 Å². The molecule has 0 aliphatic heterocycles. The summed E-state index contributed by atoms with van der Waals surface area (Å²) in [6.45, 7) is 0.539. The van der Waals surface area contributed by atoms with E-state index in [1.54, 1.807) is 0 Å². The lowest BCUT2D eigenvalue weighted by atomic mass is 9.83. The van der Waals surface area contributed by atoms with Gasteiger partial charge in [0.15, 0.2) is 0 Å². The highest BCUT2D eigenvalue weighted by Crippen LogP contribution is 2.25. The fourth-order valence-electron chi connectivity index (χ4n) is 2.36. The zero-order chi connectivity index (χ0) is 15.7. The predicted octanol–water partition coefficient (Wildman–Crippen LogP) is 0.0665. The van der Waals surface area contributed by atoms with Crippen LogP contribution in [0.15, 0.2) is 0 Å². The molecule has 7 nitrogen and oxygen atoms in total. The number of hydrogen-bond donors (Lipinski definition) is 1. The molecule has 0 aromatic heterocycles. The average molecular weight is 301 g/mol. The average Bonchev–Trinajstić information content (AvgIpc) is 2.48. The highest BCUT2D eigenvalue weighted by atomic mass is 16.5.